The van der Waals surface area contributed by atoms with Crippen molar-refractivity contribution in [2.45, 2.75) is 37.5 Å². The number of amides is 1. The highest BCUT2D eigenvalue weighted by Crippen LogP contribution is 2.38. The van der Waals surface area contributed by atoms with Gasteiger partial charge in [0.15, 0.2) is 0 Å². The Morgan fingerprint density at radius 3 is 2.86 bits per heavy atom. The van der Waals surface area contributed by atoms with Crippen LogP contribution in [0.1, 0.15) is 39.7 Å². The van der Waals surface area contributed by atoms with Gasteiger partial charge in [0.1, 0.15) is 22.5 Å². The molecule has 1 aliphatic heterocycles. The molecule has 3 atom stereocenters. The second-order valence-electron chi connectivity index (χ2n) is 7.40. The Kier molecular flexibility index (Phi) is 4.69. The summed E-state index contributed by atoms with van der Waals surface area (Å²) in [5.74, 6) is 1.43. The molecule has 5 rings (SSSR count). The van der Waals surface area contributed by atoms with E-state index >= 15 is 0 Å². The number of benzene rings is 2. The number of hydrogen-bond acceptors (Lipinski definition) is 6. The lowest BCUT2D eigenvalue weighted by Crippen LogP contribution is -2.28. The van der Waals surface area contributed by atoms with E-state index in [0.29, 0.717) is 15.8 Å². The normalized spacial score (nSPS) is 22.3. The van der Waals surface area contributed by atoms with E-state index in [-0.39, 0.29) is 24.1 Å². The molecule has 0 unspecified atom stereocenters. The topological polar surface area (TPSA) is 86.5 Å². The third-order valence-corrected chi connectivity index (χ3v) is 6.09. The fourth-order valence-electron chi connectivity index (χ4n) is 3.46. The highest BCUT2D eigenvalue weighted by molar-refractivity contribution is 7.15. The molecule has 7 heteroatoms. The van der Waals surface area contributed by atoms with E-state index < -0.39 is 0 Å². The molecule has 0 radical (unpaired) electrons. The predicted octanol–water partition coefficient (Wildman–Crippen LogP) is 3.83. The van der Waals surface area contributed by atoms with E-state index in [1.807, 2.05) is 36.4 Å². The number of rotatable bonds is 5. The summed E-state index contributed by atoms with van der Waals surface area (Å²) >= 11 is 1.22. The maximum Gasteiger partial charge on any atom is 0.279 e. The predicted molar refractivity (Wildman–Crippen MR) is 111 cm³/mol. The molecule has 1 aromatic heterocycles. The lowest BCUT2D eigenvalue weighted by Gasteiger charge is -2.26. The number of aromatic nitrogens is 1. The molecule has 2 aromatic carbocycles. The molecule has 2 aliphatic rings. The van der Waals surface area contributed by atoms with Crippen molar-refractivity contribution in [2.24, 2.45) is 5.73 Å². The maximum atomic E-state index is 12.2. The molecule has 1 amide bonds. The molecular formula is C22H21N3O3S. The summed E-state index contributed by atoms with van der Waals surface area (Å²) in [4.78, 5) is 16.9. The van der Waals surface area contributed by atoms with Gasteiger partial charge in [-0.05, 0) is 48.6 Å². The second-order valence-corrected chi connectivity index (χ2v) is 8.39. The minimum absolute atomic E-state index is 0.0711. The molecule has 1 fully saturated rings. The van der Waals surface area contributed by atoms with Gasteiger partial charge in [-0.3, -0.25) is 4.79 Å². The van der Waals surface area contributed by atoms with E-state index in [9.17, 15) is 4.79 Å². The van der Waals surface area contributed by atoms with Gasteiger partial charge in [0, 0.05) is 12.1 Å². The molecule has 3 N–H and O–H groups in total. The zero-order valence-electron chi connectivity index (χ0n) is 15.7. The van der Waals surface area contributed by atoms with Crippen molar-refractivity contribution < 1.29 is 14.3 Å². The van der Waals surface area contributed by atoms with Crippen LogP contribution in [0.3, 0.4) is 0 Å². The molecule has 148 valence electrons. The number of nitrogens with zero attached hydrogens (tertiary/aromatic N) is 1. The number of fused-ring (bicyclic) bond motifs is 1. The lowest BCUT2D eigenvalue weighted by molar-refractivity contribution is 0.0954. The van der Waals surface area contributed by atoms with Gasteiger partial charge in [-0.15, -0.1) is 0 Å². The van der Waals surface area contributed by atoms with E-state index in [1.54, 1.807) is 0 Å². The number of nitrogens with one attached hydrogen (secondary N) is 1. The van der Waals surface area contributed by atoms with Crippen LogP contribution in [0.4, 0.5) is 0 Å². The Balaban J connectivity index is 1.25. The van der Waals surface area contributed by atoms with Crippen molar-refractivity contribution in [3.63, 3.8) is 0 Å². The zero-order valence-corrected chi connectivity index (χ0v) is 16.5. The van der Waals surface area contributed by atoms with Crippen LogP contribution in [0.25, 0.3) is 0 Å². The molecule has 29 heavy (non-hydrogen) atoms. The fourth-order valence-corrected chi connectivity index (χ4v) is 4.15. The molecule has 1 saturated carbocycles. The third-order valence-electron chi connectivity index (χ3n) is 5.22. The van der Waals surface area contributed by atoms with E-state index in [2.05, 4.69) is 22.4 Å². The van der Waals surface area contributed by atoms with Crippen LogP contribution >= 0.6 is 11.3 Å². The summed E-state index contributed by atoms with van der Waals surface area (Å²) in [5.41, 5.74) is 8.05. The first kappa shape index (κ1) is 18.1. The van der Waals surface area contributed by atoms with E-state index in [0.717, 1.165) is 30.6 Å². The maximum absolute atomic E-state index is 12.2. The summed E-state index contributed by atoms with van der Waals surface area (Å²) in [5, 5.41) is 3.33. The number of carbonyl (C=O) groups is 1. The highest BCUT2D eigenvalue weighted by Gasteiger charge is 2.35. The minimum atomic E-state index is -0.152. The number of carbonyl (C=O) groups excluding carboxylic acids is 1. The van der Waals surface area contributed by atoms with Gasteiger partial charge in [-0.1, -0.05) is 41.7 Å². The first-order valence-electron chi connectivity index (χ1n) is 9.70. The minimum Gasteiger partial charge on any atom is -0.485 e. The molecular weight excluding hydrogens is 386 g/mol. The number of nitrogens with two attached hydrogens (primary N) is 1. The Morgan fingerprint density at radius 2 is 2.07 bits per heavy atom. The Hall–Kier alpha value is -2.90. The van der Waals surface area contributed by atoms with Gasteiger partial charge in [-0.25, -0.2) is 4.98 Å². The largest absolute Gasteiger partial charge is 0.485 e. The Labute approximate surface area is 172 Å². The quantitative estimate of drug-likeness (QED) is 0.671. The van der Waals surface area contributed by atoms with E-state index in [4.69, 9.17) is 15.2 Å². The van der Waals surface area contributed by atoms with Gasteiger partial charge in [0.25, 0.3) is 11.1 Å². The number of hydrogen-bond donors (Lipinski definition) is 2. The summed E-state index contributed by atoms with van der Waals surface area (Å²) in [6.45, 7) is 0. The van der Waals surface area contributed by atoms with Crippen molar-refractivity contribution in [3.8, 4) is 16.7 Å². The Bertz CT molecular complexity index is 1040. The highest BCUT2D eigenvalue weighted by atomic mass is 32.1. The van der Waals surface area contributed by atoms with Gasteiger partial charge >= 0.3 is 0 Å². The molecule has 0 spiro atoms. The standard InChI is InChI=1S/C22H21N3O3S/c23-16-11-17(16)25-21(26)20-12-24-22(29-20)27-15-7-9-19-14(10-15)6-8-18(28-19)13-4-2-1-3-5-13/h1-5,7,9-10,12,16-18H,6,8,11,23H2,(H,25,26)/t16-,17-,18-/m0/s1. The monoisotopic (exact) mass is 407 g/mol. The number of aryl methyl sites for hydroxylation is 1. The van der Waals surface area contributed by atoms with Crippen LogP contribution in [0.2, 0.25) is 0 Å². The summed E-state index contributed by atoms with van der Waals surface area (Å²) in [6, 6.07) is 16.2. The first-order chi connectivity index (χ1) is 14.2. The van der Waals surface area contributed by atoms with Crippen LogP contribution in [-0.2, 0) is 6.42 Å². The second kappa shape index (κ2) is 7.50. The molecule has 1 aliphatic carbocycles. The van der Waals surface area contributed by atoms with Crippen LogP contribution in [0.15, 0.2) is 54.7 Å². The Morgan fingerprint density at radius 1 is 1.24 bits per heavy atom. The molecule has 0 bridgehead atoms. The van der Waals surface area contributed by atoms with Crippen LogP contribution in [0.5, 0.6) is 16.7 Å². The molecule has 0 saturated heterocycles. The van der Waals surface area contributed by atoms with E-state index in [1.165, 1.54) is 23.1 Å². The number of ether oxygens (including phenoxy) is 2. The molecule has 6 nitrogen and oxygen atoms in total. The van der Waals surface area contributed by atoms with Gasteiger partial charge in [-0.2, -0.15) is 0 Å². The fraction of sp³-hybridized carbons (Fsp3) is 0.273. The van der Waals surface area contributed by atoms with Gasteiger partial charge in [0.2, 0.25) is 0 Å². The molecule has 2 heterocycles. The van der Waals surface area contributed by atoms with Gasteiger partial charge in [0.05, 0.1) is 6.20 Å². The smallest absolute Gasteiger partial charge is 0.279 e. The SMILES string of the molecule is N[C@H]1C[C@@H]1NC(=O)c1cnc(Oc2ccc3c(c2)CC[C@@H](c2ccccc2)O3)s1. The molecule has 3 aromatic rings. The van der Waals surface area contributed by atoms with Crippen molar-refractivity contribution in [2.75, 3.05) is 0 Å². The summed E-state index contributed by atoms with van der Waals surface area (Å²) < 4.78 is 12.1. The third kappa shape index (κ3) is 3.97. The van der Waals surface area contributed by atoms with Crippen molar-refractivity contribution >= 4 is 17.2 Å². The van der Waals surface area contributed by atoms with Gasteiger partial charge < -0.3 is 20.5 Å². The van der Waals surface area contributed by atoms with Crippen molar-refractivity contribution in [1.82, 2.24) is 10.3 Å². The summed E-state index contributed by atoms with van der Waals surface area (Å²) in [6.07, 6.45) is 4.28. The van der Waals surface area contributed by atoms with Crippen molar-refractivity contribution in [3.05, 3.63) is 70.7 Å². The van der Waals surface area contributed by atoms with Crippen LogP contribution in [0, 0.1) is 0 Å². The van der Waals surface area contributed by atoms with Crippen LogP contribution in [-0.4, -0.2) is 23.0 Å². The van der Waals surface area contributed by atoms with Crippen LogP contribution < -0.4 is 20.5 Å². The van der Waals surface area contributed by atoms with Crippen molar-refractivity contribution in [1.29, 1.82) is 0 Å². The first-order valence-corrected chi connectivity index (χ1v) is 10.5. The number of thiazole rings is 1. The average Bonchev–Trinajstić information content (AvgIpc) is 3.24. The summed E-state index contributed by atoms with van der Waals surface area (Å²) in [7, 11) is 0. The average molecular weight is 407 g/mol. The lowest BCUT2D eigenvalue weighted by atomic mass is 9.97. The zero-order chi connectivity index (χ0) is 19.8.